The summed E-state index contributed by atoms with van der Waals surface area (Å²) in [5.74, 6) is 0.886. The van der Waals surface area contributed by atoms with E-state index >= 15 is 0 Å². The van der Waals surface area contributed by atoms with Crippen molar-refractivity contribution in [1.29, 1.82) is 0 Å². The fourth-order valence-corrected chi connectivity index (χ4v) is 2.85. The predicted octanol–water partition coefficient (Wildman–Crippen LogP) is 1.41. The molecule has 0 aliphatic carbocycles. The normalized spacial score (nSPS) is 17.4. The largest absolute Gasteiger partial charge is 0.375 e. The SMILES string of the molecule is CN(C)c1cc(CC[C@H]2CN(C(=O)c3ccncn3)CCO2)ccn1. The Bertz CT molecular complexity index is 708. The van der Waals surface area contributed by atoms with E-state index in [2.05, 4.69) is 21.0 Å². The molecule has 0 unspecified atom stereocenters. The van der Waals surface area contributed by atoms with Crippen LogP contribution in [0.1, 0.15) is 22.5 Å². The Morgan fingerprint density at radius 2 is 2.20 bits per heavy atom. The van der Waals surface area contributed by atoms with Crippen molar-refractivity contribution in [2.45, 2.75) is 18.9 Å². The zero-order valence-corrected chi connectivity index (χ0v) is 14.6. The second-order valence-corrected chi connectivity index (χ2v) is 6.29. The molecule has 0 radical (unpaired) electrons. The number of morpholine rings is 1. The minimum atomic E-state index is -0.0606. The van der Waals surface area contributed by atoms with Gasteiger partial charge in [0.25, 0.3) is 5.91 Å². The summed E-state index contributed by atoms with van der Waals surface area (Å²) in [5.41, 5.74) is 1.65. The quantitative estimate of drug-likeness (QED) is 0.819. The van der Waals surface area contributed by atoms with Crippen LogP contribution in [0.4, 0.5) is 5.82 Å². The molecule has 7 heteroatoms. The van der Waals surface area contributed by atoms with Crippen molar-refractivity contribution in [3.8, 4) is 0 Å². The molecule has 0 saturated carbocycles. The lowest BCUT2D eigenvalue weighted by molar-refractivity contribution is -0.0247. The fraction of sp³-hybridized carbons (Fsp3) is 0.444. The summed E-state index contributed by atoms with van der Waals surface area (Å²) >= 11 is 0. The van der Waals surface area contributed by atoms with E-state index in [4.69, 9.17) is 4.74 Å². The Morgan fingerprint density at radius 1 is 1.32 bits per heavy atom. The monoisotopic (exact) mass is 341 g/mol. The molecule has 0 spiro atoms. The Morgan fingerprint density at radius 3 is 2.96 bits per heavy atom. The molecule has 2 aromatic rings. The van der Waals surface area contributed by atoms with Gasteiger partial charge in [0.1, 0.15) is 17.8 Å². The molecular formula is C18H23N5O2. The molecule has 0 N–H and O–H groups in total. The smallest absolute Gasteiger partial charge is 0.272 e. The Labute approximate surface area is 147 Å². The first-order chi connectivity index (χ1) is 12.1. The third kappa shape index (κ3) is 4.51. The maximum absolute atomic E-state index is 12.5. The average Bonchev–Trinajstić information content (AvgIpc) is 2.67. The van der Waals surface area contributed by atoms with Crippen LogP contribution in [0.3, 0.4) is 0 Å². The van der Waals surface area contributed by atoms with Gasteiger partial charge in [-0.1, -0.05) is 0 Å². The van der Waals surface area contributed by atoms with Crippen molar-refractivity contribution in [2.24, 2.45) is 0 Å². The van der Waals surface area contributed by atoms with Gasteiger partial charge >= 0.3 is 0 Å². The molecule has 1 aliphatic rings. The highest BCUT2D eigenvalue weighted by atomic mass is 16.5. The van der Waals surface area contributed by atoms with Gasteiger partial charge in [0, 0.05) is 39.6 Å². The van der Waals surface area contributed by atoms with E-state index in [0.29, 0.717) is 25.4 Å². The molecule has 3 heterocycles. The maximum Gasteiger partial charge on any atom is 0.272 e. The topological polar surface area (TPSA) is 71.5 Å². The van der Waals surface area contributed by atoms with Gasteiger partial charge in [-0.25, -0.2) is 15.0 Å². The van der Waals surface area contributed by atoms with Crippen LogP contribution >= 0.6 is 0 Å². The van der Waals surface area contributed by atoms with Crippen LogP contribution in [0.15, 0.2) is 36.9 Å². The van der Waals surface area contributed by atoms with Crippen molar-refractivity contribution in [3.05, 3.63) is 48.2 Å². The van der Waals surface area contributed by atoms with E-state index in [0.717, 1.165) is 18.7 Å². The third-order valence-electron chi connectivity index (χ3n) is 4.25. The molecule has 2 aromatic heterocycles. The van der Waals surface area contributed by atoms with Crippen LogP contribution in [-0.4, -0.2) is 65.7 Å². The number of rotatable bonds is 5. The van der Waals surface area contributed by atoms with Crippen molar-refractivity contribution in [2.75, 3.05) is 38.7 Å². The highest BCUT2D eigenvalue weighted by Gasteiger charge is 2.25. The second-order valence-electron chi connectivity index (χ2n) is 6.29. The summed E-state index contributed by atoms with van der Waals surface area (Å²) in [7, 11) is 3.96. The Balaban J connectivity index is 1.57. The molecule has 7 nitrogen and oxygen atoms in total. The van der Waals surface area contributed by atoms with Crippen LogP contribution in [0.2, 0.25) is 0 Å². The second kappa shape index (κ2) is 8.02. The molecule has 0 bridgehead atoms. The summed E-state index contributed by atoms with van der Waals surface area (Å²) < 4.78 is 5.84. The van der Waals surface area contributed by atoms with E-state index in [-0.39, 0.29) is 12.0 Å². The summed E-state index contributed by atoms with van der Waals surface area (Å²) in [6.07, 6.45) is 6.61. The number of nitrogens with zero attached hydrogens (tertiary/aromatic N) is 5. The number of carbonyl (C=O) groups excluding carboxylic acids is 1. The number of aryl methyl sites for hydroxylation is 1. The Kier molecular flexibility index (Phi) is 5.55. The molecule has 1 amide bonds. The minimum Gasteiger partial charge on any atom is -0.375 e. The lowest BCUT2D eigenvalue weighted by Gasteiger charge is -2.32. The van der Waals surface area contributed by atoms with Crippen molar-refractivity contribution in [1.82, 2.24) is 19.9 Å². The first kappa shape index (κ1) is 17.3. The van der Waals surface area contributed by atoms with Gasteiger partial charge in [-0.2, -0.15) is 0 Å². The molecule has 3 rings (SSSR count). The lowest BCUT2D eigenvalue weighted by atomic mass is 10.1. The number of hydrogen-bond donors (Lipinski definition) is 0. The van der Waals surface area contributed by atoms with Crippen LogP contribution in [0.25, 0.3) is 0 Å². The number of anilines is 1. The van der Waals surface area contributed by atoms with E-state index < -0.39 is 0 Å². The summed E-state index contributed by atoms with van der Waals surface area (Å²) in [4.78, 5) is 28.5. The zero-order chi connectivity index (χ0) is 17.6. The average molecular weight is 341 g/mol. The van der Waals surface area contributed by atoms with Crippen LogP contribution in [-0.2, 0) is 11.2 Å². The zero-order valence-electron chi connectivity index (χ0n) is 14.6. The van der Waals surface area contributed by atoms with Gasteiger partial charge in [-0.15, -0.1) is 0 Å². The van der Waals surface area contributed by atoms with Gasteiger partial charge in [0.2, 0.25) is 0 Å². The number of aromatic nitrogens is 3. The maximum atomic E-state index is 12.5. The number of carbonyl (C=O) groups is 1. The minimum absolute atomic E-state index is 0.0375. The first-order valence-corrected chi connectivity index (χ1v) is 8.42. The summed E-state index contributed by atoms with van der Waals surface area (Å²) in [5, 5.41) is 0. The predicted molar refractivity (Wildman–Crippen MR) is 94.6 cm³/mol. The molecular weight excluding hydrogens is 318 g/mol. The van der Waals surface area contributed by atoms with Gasteiger partial charge < -0.3 is 14.5 Å². The molecule has 1 saturated heterocycles. The summed E-state index contributed by atoms with van der Waals surface area (Å²) in [6.45, 7) is 1.74. The molecule has 25 heavy (non-hydrogen) atoms. The van der Waals surface area contributed by atoms with Gasteiger partial charge in [0.05, 0.1) is 12.7 Å². The van der Waals surface area contributed by atoms with E-state index in [1.54, 1.807) is 12.3 Å². The van der Waals surface area contributed by atoms with Crippen LogP contribution < -0.4 is 4.90 Å². The van der Waals surface area contributed by atoms with E-state index in [1.165, 1.54) is 11.9 Å². The molecule has 132 valence electrons. The molecule has 0 aromatic carbocycles. The van der Waals surface area contributed by atoms with Gasteiger partial charge in [-0.05, 0) is 36.6 Å². The number of amides is 1. The van der Waals surface area contributed by atoms with E-state index in [1.807, 2.05) is 36.2 Å². The Hall–Kier alpha value is -2.54. The standard InChI is InChI=1S/C18H23N5O2/c1-22(2)17-11-14(5-8-20-17)3-4-15-12-23(9-10-25-15)18(24)16-6-7-19-13-21-16/h5-8,11,13,15H,3-4,9-10,12H2,1-2H3/t15-/m0/s1. The third-order valence-corrected chi connectivity index (χ3v) is 4.25. The first-order valence-electron chi connectivity index (χ1n) is 8.42. The number of hydrogen-bond acceptors (Lipinski definition) is 6. The molecule has 1 fully saturated rings. The fourth-order valence-electron chi connectivity index (χ4n) is 2.85. The summed E-state index contributed by atoms with van der Waals surface area (Å²) in [6, 6.07) is 5.76. The lowest BCUT2D eigenvalue weighted by Crippen LogP contribution is -2.46. The molecule has 1 aliphatic heterocycles. The van der Waals surface area contributed by atoms with Gasteiger partial charge in [0.15, 0.2) is 0 Å². The highest BCUT2D eigenvalue weighted by Crippen LogP contribution is 2.16. The van der Waals surface area contributed by atoms with Crippen molar-refractivity contribution in [3.63, 3.8) is 0 Å². The number of pyridine rings is 1. The number of ether oxygens (including phenoxy) is 1. The van der Waals surface area contributed by atoms with Crippen LogP contribution in [0, 0.1) is 0 Å². The van der Waals surface area contributed by atoms with Crippen molar-refractivity contribution < 1.29 is 9.53 Å². The van der Waals surface area contributed by atoms with Gasteiger partial charge in [-0.3, -0.25) is 4.79 Å². The van der Waals surface area contributed by atoms with Crippen LogP contribution in [0.5, 0.6) is 0 Å². The molecule has 1 atom stereocenters. The highest BCUT2D eigenvalue weighted by molar-refractivity contribution is 5.92. The van der Waals surface area contributed by atoms with Crippen molar-refractivity contribution >= 4 is 11.7 Å². The van der Waals surface area contributed by atoms with E-state index in [9.17, 15) is 4.79 Å².